The summed E-state index contributed by atoms with van der Waals surface area (Å²) in [5.41, 5.74) is 0. The van der Waals surface area contributed by atoms with Crippen LogP contribution in [0, 0.1) is 0 Å². The van der Waals surface area contributed by atoms with E-state index in [1.54, 1.807) is 25.4 Å². The van der Waals surface area contributed by atoms with E-state index in [1.165, 1.54) is 0 Å². The number of rotatable bonds is 6. The van der Waals surface area contributed by atoms with E-state index in [2.05, 4.69) is 10.6 Å². The maximum atomic E-state index is 11.1. The van der Waals surface area contributed by atoms with Gasteiger partial charge in [-0.25, -0.2) is 0 Å². The number of carbonyl (C=O) groups excluding carboxylic acids is 1. The first-order valence-electron chi connectivity index (χ1n) is 5.28. The highest BCUT2D eigenvalue weighted by atomic mass is 16.3. The monoisotopic (exact) mass is 226 g/mol. The van der Waals surface area contributed by atoms with Crippen LogP contribution in [0.3, 0.4) is 0 Å². The van der Waals surface area contributed by atoms with Crippen molar-refractivity contribution in [3.63, 3.8) is 0 Å². The number of hydrogen-bond acceptors (Lipinski definition) is 4. The Kier molecular flexibility index (Phi) is 5.01. The second-order valence-corrected chi connectivity index (χ2v) is 3.70. The Hall–Kier alpha value is -1.33. The molecule has 3 N–H and O–H groups in total. The highest BCUT2D eigenvalue weighted by Crippen LogP contribution is 2.13. The SMILES string of the molecule is CNC(=O)CC(C)NC(CO)c1ccco1. The average Bonchev–Trinajstić information content (AvgIpc) is 2.79. The summed E-state index contributed by atoms with van der Waals surface area (Å²) in [4.78, 5) is 11.1. The van der Waals surface area contributed by atoms with Crippen LogP contribution in [0.2, 0.25) is 0 Å². The normalized spacial score (nSPS) is 14.4. The fourth-order valence-electron chi connectivity index (χ4n) is 1.50. The van der Waals surface area contributed by atoms with Crippen molar-refractivity contribution in [1.82, 2.24) is 10.6 Å². The first-order valence-corrected chi connectivity index (χ1v) is 5.28. The van der Waals surface area contributed by atoms with E-state index in [0.717, 1.165) is 0 Å². The molecule has 0 aromatic carbocycles. The van der Waals surface area contributed by atoms with Gasteiger partial charge in [0.2, 0.25) is 5.91 Å². The first-order chi connectivity index (χ1) is 7.67. The maximum absolute atomic E-state index is 11.1. The molecule has 0 spiro atoms. The fraction of sp³-hybridized carbons (Fsp3) is 0.545. The van der Waals surface area contributed by atoms with Crippen LogP contribution in [0.5, 0.6) is 0 Å². The Balaban J connectivity index is 2.47. The molecule has 0 aliphatic rings. The van der Waals surface area contributed by atoms with Gasteiger partial charge in [-0.2, -0.15) is 0 Å². The van der Waals surface area contributed by atoms with Crippen molar-refractivity contribution in [2.45, 2.75) is 25.4 Å². The molecular weight excluding hydrogens is 208 g/mol. The summed E-state index contributed by atoms with van der Waals surface area (Å²) >= 11 is 0. The molecule has 16 heavy (non-hydrogen) atoms. The molecule has 1 heterocycles. The number of hydrogen-bond donors (Lipinski definition) is 3. The smallest absolute Gasteiger partial charge is 0.221 e. The van der Waals surface area contributed by atoms with Crippen molar-refractivity contribution in [1.29, 1.82) is 0 Å². The van der Waals surface area contributed by atoms with Gasteiger partial charge in [0.25, 0.3) is 0 Å². The predicted molar refractivity (Wildman–Crippen MR) is 59.8 cm³/mol. The predicted octanol–water partition coefficient (Wildman–Crippen LogP) is 0.427. The molecule has 1 aromatic rings. The van der Waals surface area contributed by atoms with E-state index < -0.39 is 0 Å². The Morgan fingerprint density at radius 1 is 1.62 bits per heavy atom. The fourth-order valence-corrected chi connectivity index (χ4v) is 1.50. The molecule has 1 amide bonds. The van der Waals surface area contributed by atoms with Crippen LogP contribution in [-0.4, -0.2) is 30.7 Å². The molecule has 1 aromatic heterocycles. The summed E-state index contributed by atoms with van der Waals surface area (Å²) < 4.78 is 5.20. The van der Waals surface area contributed by atoms with Crippen molar-refractivity contribution >= 4 is 5.91 Å². The average molecular weight is 226 g/mol. The van der Waals surface area contributed by atoms with E-state index in [0.29, 0.717) is 12.2 Å². The summed E-state index contributed by atoms with van der Waals surface area (Å²) in [6.45, 7) is 1.83. The van der Waals surface area contributed by atoms with Gasteiger partial charge in [-0.3, -0.25) is 4.79 Å². The van der Waals surface area contributed by atoms with Crippen LogP contribution in [0.15, 0.2) is 22.8 Å². The van der Waals surface area contributed by atoms with Crippen molar-refractivity contribution in [3.05, 3.63) is 24.2 Å². The molecule has 5 nitrogen and oxygen atoms in total. The standard InChI is InChI=1S/C11H18N2O3/c1-8(6-11(15)12-2)13-9(7-14)10-4-3-5-16-10/h3-5,8-9,13-14H,6-7H2,1-2H3,(H,12,15). The van der Waals surface area contributed by atoms with Gasteiger partial charge >= 0.3 is 0 Å². The zero-order valence-electron chi connectivity index (χ0n) is 9.56. The van der Waals surface area contributed by atoms with E-state index in [4.69, 9.17) is 4.42 Å². The van der Waals surface area contributed by atoms with E-state index >= 15 is 0 Å². The number of nitrogens with one attached hydrogen (secondary N) is 2. The van der Waals surface area contributed by atoms with Crippen LogP contribution in [0.25, 0.3) is 0 Å². The third-order valence-electron chi connectivity index (χ3n) is 2.33. The van der Waals surface area contributed by atoms with Crippen LogP contribution < -0.4 is 10.6 Å². The topological polar surface area (TPSA) is 74.5 Å². The molecule has 90 valence electrons. The number of amides is 1. The Morgan fingerprint density at radius 3 is 2.88 bits per heavy atom. The summed E-state index contributed by atoms with van der Waals surface area (Å²) in [6, 6.07) is 3.26. The van der Waals surface area contributed by atoms with Gasteiger partial charge in [0.1, 0.15) is 5.76 Å². The van der Waals surface area contributed by atoms with Gasteiger partial charge in [-0.15, -0.1) is 0 Å². The summed E-state index contributed by atoms with van der Waals surface area (Å²) in [7, 11) is 1.60. The maximum Gasteiger partial charge on any atom is 0.221 e. The number of furan rings is 1. The first kappa shape index (κ1) is 12.7. The molecule has 2 atom stereocenters. The Morgan fingerprint density at radius 2 is 2.38 bits per heavy atom. The van der Waals surface area contributed by atoms with Crippen LogP contribution in [-0.2, 0) is 4.79 Å². The lowest BCUT2D eigenvalue weighted by Gasteiger charge is -2.19. The lowest BCUT2D eigenvalue weighted by molar-refractivity contribution is -0.121. The highest BCUT2D eigenvalue weighted by molar-refractivity contribution is 5.76. The van der Waals surface area contributed by atoms with Crippen LogP contribution in [0.1, 0.15) is 25.1 Å². The third kappa shape index (κ3) is 3.67. The molecule has 0 saturated heterocycles. The summed E-state index contributed by atoms with van der Waals surface area (Å²) in [5, 5.41) is 14.9. The molecule has 0 bridgehead atoms. The molecule has 0 fully saturated rings. The van der Waals surface area contributed by atoms with E-state index in [9.17, 15) is 9.90 Å². The van der Waals surface area contributed by atoms with Gasteiger partial charge in [-0.1, -0.05) is 0 Å². The van der Waals surface area contributed by atoms with Crippen molar-refractivity contribution in [2.24, 2.45) is 0 Å². The van der Waals surface area contributed by atoms with Crippen molar-refractivity contribution in [2.75, 3.05) is 13.7 Å². The molecule has 1 rings (SSSR count). The minimum atomic E-state index is -0.269. The molecular formula is C11H18N2O3. The number of aliphatic hydroxyl groups excluding tert-OH is 1. The summed E-state index contributed by atoms with van der Waals surface area (Å²) in [6.07, 6.45) is 1.93. The van der Waals surface area contributed by atoms with E-state index in [-0.39, 0.29) is 24.6 Å². The lowest BCUT2D eigenvalue weighted by Crippen LogP contribution is -2.36. The second kappa shape index (κ2) is 6.30. The van der Waals surface area contributed by atoms with Gasteiger partial charge < -0.3 is 20.2 Å². The summed E-state index contributed by atoms with van der Waals surface area (Å²) in [5.74, 6) is 0.641. The van der Waals surface area contributed by atoms with Crippen LogP contribution >= 0.6 is 0 Å². The second-order valence-electron chi connectivity index (χ2n) is 3.70. The van der Waals surface area contributed by atoms with Crippen LogP contribution in [0.4, 0.5) is 0 Å². The number of aliphatic hydroxyl groups is 1. The largest absolute Gasteiger partial charge is 0.468 e. The molecule has 0 aliphatic carbocycles. The molecule has 0 aliphatic heterocycles. The minimum Gasteiger partial charge on any atom is -0.468 e. The Labute approximate surface area is 94.8 Å². The minimum absolute atomic E-state index is 0.0257. The molecule has 0 saturated carbocycles. The van der Waals surface area contributed by atoms with Gasteiger partial charge in [0.15, 0.2) is 0 Å². The quantitative estimate of drug-likeness (QED) is 0.657. The zero-order valence-corrected chi connectivity index (χ0v) is 9.56. The molecule has 0 radical (unpaired) electrons. The van der Waals surface area contributed by atoms with Gasteiger partial charge in [0.05, 0.1) is 18.9 Å². The Bertz CT molecular complexity index is 311. The van der Waals surface area contributed by atoms with Gasteiger partial charge in [0, 0.05) is 19.5 Å². The molecule has 2 unspecified atom stereocenters. The lowest BCUT2D eigenvalue weighted by atomic mass is 10.1. The number of carbonyl (C=O) groups is 1. The highest BCUT2D eigenvalue weighted by Gasteiger charge is 2.17. The molecule has 5 heteroatoms. The van der Waals surface area contributed by atoms with Crippen molar-refractivity contribution < 1.29 is 14.3 Å². The van der Waals surface area contributed by atoms with Gasteiger partial charge in [-0.05, 0) is 19.1 Å². The zero-order chi connectivity index (χ0) is 12.0. The van der Waals surface area contributed by atoms with E-state index in [1.807, 2.05) is 6.92 Å². The third-order valence-corrected chi connectivity index (χ3v) is 2.33. The van der Waals surface area contributed by atoms with Crippen molar-refractivity contribution in [3.8, 4) is 0 Å².